The van der Waals surface area contributed by atoms with E-state index < -0.39 is 119 Å². The van der Waals surface area contributed by atoms with Crippen molar-refractivity contribution in [2.24, 2.45) is 33.8 Å². The van der Waals surface area contributed by atoms with E-state index in [1.54, 1.807) is 69.3 Å². The van der Waals surface area contributed by atoms with Gasteiger partial charge in [0.1, 0.15) is 30.5 Å². The lowest BCUT2D eigenvalue weighted by Gasteiger charge is -2.65. The van der Waals surface area contributed by atoms with Crippen molar-refractivity contribution in [2.75, 3.05) is 31.3 Å². The Labute approximate surface area is 356 Å². The van der Waals surface area contributed by atoms with Crippen molar-refractivity contribution < 1.29 is 67.4 Å². The number of hydrogen-bond acceptors (Lipinski definition) is 17. The third-order valence-electron chi connectivity index (χ3n) is 13.1. The van der Waals surface area contributed by atoms with Crippen molar-refractivity contribution in [1.82, 2.24) is 0 Å². The zero-order chi connectivity index (χ0) is 43.6. The number of aliphatic hydroxyl groups excluding tert-OH is 1. The molecule has 6 rings (SSSR count). The van der Waals surface area contributed by atoms with E-state index in [-0.39, 0.29) is 25.0 Å². The molecule has 0 radical (unpaired) electrons. The molecule has 1 aliphatic heterocycles. The van der Waals surface area contributed by atoms with Crippen molar-refractivity contribution in [3.63, 3.8) is 0 Å². The van der Waals surface area contributed by atoms with E-state index in [1.807, 2.05) is 0 Å². The van der Waals surface area contributed by atoms with Gasteiger partial charge in [-0.1, -0.05) is 90.9 Å². The van der Waals surface area contributed by atoms with Crippen molar-refractivity contribution in [3.8, 4) is 0 Å². The molecule has 0 aromatic heterocycles. The van der Waals surface area contributed by atoms with Gasteiger partial charge in [0, 0.05) is 61.5 Å². The second-order valence-electron chi connectivity index (χ2n) is 16.7. The maximum atomic E-state index is 15.0. The van der Waals surface area contributed by atoms with Crippen LogP contribution in [0.5, 0.6) is 0 Å². The van der Waals surface area contributed by atoms with Crippen molar-refractivity contribution in [2.45, 2.75) is 96.1 Å². The maximum Gasteiger partial charge on any atom is 0.509 e. The SMILES string of the molecule is CC(=O)OC1C2CC(O)C3(C)C(=O)C(=O)C4C(C)C(OC(=O)C(Cc5ccccc5)OC(=O)OCCSSCCN)CC(O)(C(OC(=O)c5ccccc5)C13CO2)C4(C)C. The minimum absolute atomic E-state index is 0.00879. The van der Waals surface area contributed by atoms with Gasteiger partial charge in [-0.2, -0.15) is 0 Å². The third-order valence-corrected chi connectivity index (χ3v) is 15.5. The number of benzene rings is 2. The van der Waals surface area contributed by atoms with E-state index in [2.05, 4.69) is 0 Å². The molecule has 17 heteroatoms. The van der Waals surface area contributed by atoms with Crippen LogP contribution in [-0.4, -0.2) is 119 Å². The number of Topliss-reactive ketones (excluding diaryl/α,β-unsaturated/α-hetero) is 2. The standard InChI is InChI=1S/C43H53NO14S2/c1-24-30(56-37(50)29(20-26-12-8-6-9-13-26)57-39(51)53-17-19-60-59-18-16-44)22-43(52)38(58-36(49)27-14-10-7-11-15-27)42-23-54-28(35(42)55-25(2)45)21-31(46)41(42,5)34(48)33(47)32(24)40(43,3)4/h6-15,24,28-32,35,38,46,52H,16-23,44H2,1-5H3. The van der Waals surface area contributed by atoms with E-state index in [4.69, 9.17) is 34.2 Å². The molecule has 11 unspecified atom stereocenters. The molecule has 3 aliphatic carbocycles. The Morgan fingerprint density at radius 3 is 2.25 bits per heavy atom. The normalized spacial score (nSPS) is 33.3. The summed E-state index contributed by atoms with van der Waals surface area (Å²) in [4.78, 5) is 84.2. The molecule has 1 heterocycles. The van der Waals surface area contributed by atoms with Gasteiger partial charge in [-0.25, -0.2) is 14.4 Å². The Morgan fingerprint density at radius 1 is 0.950 bits per heavy atom. The number of hydrogen-bond donors (Lipinski definition) is 3. The van der Waals surface area contributed by atoms with E-state index in [0.717, 1.165) is 6.92 Å². The molecule has 1 saturated heterocycles. The molecule has 4 bridgehead atoms. The fourth-order valence-electron chi connectivity index (χ4n) is 9.90. The highest BCUT2D eigenvalue weighted by Gasteiger charge is 2.82. The fourth-order valence-corrected chi connectivity index (χ4v) is 11.6. The molecule has 15 nitrogen and oxygen atoms in total. The van der Waals surface area contributed by atoms with Gasteiger partial charge < -0.3 is 44.4 Å². The van der Waals surface area contributed by atoms with Crippen LogP contribution in [0.15, 0.2) is 60.7 Å². The van der Waals surface area contributed by atoms with Crippen molar-refractivity contribution in [3.05, 3.63) is 71.8 Å². The minimum Gasteiger partial charge on any atom is -0.459 e. The zero-order valence-electron chi connectivity index (χ0n) is 34.2. The quantitative estimate of drug-likeness (QED) is 0.0805. The highest BCUT2D eigenvalue weighted by Crippen LogP contribution is 2.67. The molecular weight excluding hydrogens is 819 g/mol. The number of carbonyl (C=O) groups excluding carboxylic acids is 6. The molecule has 60 heavy (non-hydrogen) atoms. The molecule has 2 aromatic carbocycles. The molecular formula is C43H53NO14S2. The van der Waals surface area contributed by atoms with Crippen LogP contribution >= 0.6 is 21.6 Å². The molecule has 1 spiro atoms. The van der Waals surface area contributed by atoms with Crippen LogP contribution in [0.1, 0.15) is 63.4 Å². The molecule has 2 aromatic rings. The summed E-state index contributed by atoms with van der Waals surface area (Å²) in [7, 11) is 2.98. The van der Waals surface area contributed by atoms with Gasteiger partial charge >= 0.3 is 24.1 Å². The summed E-state index contributed by atoms with van der Waals surface area (Å²) < 4.78 is 35.4. The maximum absolute atomic E-state index is 15.0. The number of ketones is 2. The first-order valence-electron chi connectivity index (χ1n) is 20.0. The van der Waals surface area contributed by atoms with Gasteiger partial charge in [0.15, 0.2) is 0 Å². The Morgan fingerprint density at radius 2 is 1.60 bits per heavy atom. The molecule has 4 aliphatic rings. The largest absolute Gasteiger partial charge is 0.509 e. The topological polar surface area (TPSA) is 224 Å². The highest BCUT2D eigenvalue weighted by molar-refractivity contribution is 8.76. The molecule has 11 atom stereocenters. The Hall–Kier alpha value is -4.00. The van der Waals surface area contributed by atoms with Crippen molar-refractivity contribution >= 4 is 57.2 Å². The van der Waals surface area contributed by atoms with Crippen LogP contribution in [0.4, 0.5) is 4.79 Å². The van der Waals surface area contributed by atoms with Crippen LogP contribution < -0.4 is 5.73 Å². The second kappa shape index (κ2) is 18.2. The van der Waals surface area contributed by atoms with Crippen LogP contribution in [0, 0.1) is 28.1 Å². The summed E-state index contributed by atoms with van der Waals surface area (Å²) in [5.41, 5.74) is -1.86. The predicted molar refractivity (Wildman–Crippen MR) is 218 cm³/mol. The second-order valence-corrected chi connectivity index (χ2v) is 19.4. The van der Waals surface area contributed by atoms with Crippen LogP contribution in [0.3, 0.4) is 0 Å². The molecule has 3 saturated carbocycles. The number of fused-ring (bicyclic) bond motifs is 3. The van der Waals surface area contributed by atoms with E-state index in [0.29, 0.717) is 23.6 Å². The first-order chi connectivity index (χ1) is 28.4. The summed E-state index contributed by atoms with van der Waals surface area (Å²) in [6.07, 6.45) is -10.5. The average Bonchev–Trinajstić information content (AvgIpc) is 3.50. The van der Waals surface area contributed by atoms with E-state index in [9.17, 15) is 34.2 Å². The van der Waals surface area contributed by atoms with Crippen LogP contribution in [0.25, 0.3) is 0 Å². The van der Waals surface area contributed by atoms with Gasteiger partial charge in [-0.15, -0.1) is 0 Å². The summed E-state index contributed by atoms with van der Waals surface area (Å²) in [5.74, 6) is -5.88. The molecule has 326 valence electrons. The van der Waals surface area contributed by atoms with Gasteiger partial charge in [0.05, 0.1) is 35.2 Å². The molecule has 0 amide bonds. The summed E-state index contributed by atoms with van der Waals surface area (Å²) in [6, 6.07) is 16.6. The number of rotatable bonds is 14. The highest BCUT2D eigenvalue weighted by atomic mass is 33.1. The minimum atomic E-state index is -2.35. The number of nitrogens with two attached hydrogens (primary N) is 1. The molecule has 4 fully saturated rings. The number of carbonyl (C=O) groups is 6. The lowest BCUT2D eigenvalue weighted by molar-refractivity contribution is -0.289. The van der Waals surface area contributed by atoms with Gasteiger partial charge in [0.25, 0.3) is 0 Å². The lowest BCUT2D eigenvalue weighted by atomic mass is 9.40. The first kappa shape index (κ1) is 45.5. The number of aliphatic hydroxyl groups is 2. The third kappa shape index (κ3) is 8.08. The summed E-state index contributed by atoms with van der Waals surface area (Å²) in [6.45, 7) is 7.28. The number of ether oxygens (including phenoxy) is 6. The number of esters is 3. The van der Waals surface area contributed by atoms with Gasteiger partial charge in [-0.05, 0) is 24.6 Å². The van der Waals surface area contributed by atoms with E-state index in [1.165, 1.54) is 40.6 Å². The van der Waals surface area contributed by atoms with Crippen LogP contribution in [0.2, 0.25) is 0 Å². The fraction of sp³-hybridized carbons (Fsp3) is 0.581. The van der Waals surface area contributed by atoms with Crippen molar-refractivity contribution in [1.29, 1.82) is 0 Å². The first-order valence-corrected chi connectivity index (χ1v) is 22.5. The Bertz CT molecular complexity index is 1930. The Kier molecular flexibility index (Phi) is 13.8. The predicted octanol–water partition coefficient (Wildman–Crippen LogP) is 3.88. The van der Waals surface area contributed by atoms with E-state index >= 15 is 4.79 Å². The monoisotopic (exact) mass is 871 g/mol. The Balaban J connectivity index is 1.42. The summed E-state index contributed by atoms with van der Waals surface area (Å²) >= 11 is 0. The summed E-state index contributed by atoms with van der Waals surface area (Å²) in [5, 5.41) is 25.5. The smallest absolute Gasteiger partial charge is 0.459 e. The molecule has 4 N–H and O–H groups in total. The van der Waals surface area contributed by atoms with Gasteiger partial charge in [0.2, 0.25) is 17.7 Å². The average molecular weight is 872 g/mol. The van der Waals surface area contributed by atoms with Crippen LogP contribution in [-0.2, 0) is 54.0 Å². The zero-order valence-corrected chi connectivity index (χ0v) is 35.9. The lowest BCUT2D eigenvalue weighted by Crippen LogP contribution is -2.80. The van der Waals surface area contributed by atoms with Gasteiger partial charge in [-0.3, -0.25) is 14.4 Å².